The number of likely N-dealkylation sites (N-methyl/N-ethyl adjacent to an activating group) is 1. The number of hydrogen-bond donors (Lipinski definition) is 1. The molecule has 1 amide bonds. The van der Waals surface area contributed by atoms with E-state index in [1.54, 1.807) is 0 Å². The minimum atomic E-state index is -4.77. The van der Waals surface area contributed by atoms with Crippen LogP contribution in [0.5, 0.6) is 0 Å². The van der Waals surface area contributed by atoms with Crippen LogP contribution in [0.15, 0.2) is 24.3 Å². The number of hydrogen-bond acceptors (Lipinski definition) is 3. The smallest absolute Gasteiger partial charge is 0.382 e. The first-order chi connectivity index (χ1) is 8.75. The maximum atomic E-state index is 12.2. The van der Waals surface area contributed by atoms with E-state index in [9.17, 15) is 18.0 Å². The Morgan fingerprint density at radius 3 is 2.68 bits per heavy atom. The largest absolute Gasteiger partial charge is 0.416 e. The Morgan fingerprint density at radius 2 is 2.16 bits per heavy atom. The first kappa shape index (κ1) is 15.0. The lowest BCUT2D eigenvalue weighted by atomic mass is 10.1. The molecule has 7 heteroatoms. The van der Waals surface area contributed by atoms with Crippen LogP contribution in [0.4, 0.5) is 13.2 Å². The summed E-state index contributed by atoms with van der Waals surface area (Å²) in [5.74, 6) is -0.694. The molecular weight excluding hydrogens is 261 g/mol. The highest BCUT2D eigenvalue weighted by atomic mass is 19.4. The monoisotopic (exact) mass is 272 g/mol. The quantitative estimate of drug-likeness (QED) is 0.908. The molecule has 0 heterocycles. The van der Waals surface area contributed by atoms with E-state index in [2.05, 4.69) is 0 Å². The molecule has 0 aliphatic rings. The zero-order chi connectivity index (χ0) is 14.6. The number of carbonyl (C=O) groups excluding carboxylic acids is 1. The summed E-state index contributed by atoms with van der Waals surface area (Å²) in [6, 6.07) is 7.42. The predicted molar refractivity (Wildman–Crippen MR) is 60.2 cm³/mol. The van der Waals surface area contributed by atoms with Gasteiger partial charge in [-0.25, -0.2) is 0 Å². The molecule has 0 aliphatic carbocycles. The van der Waals surface area contributed by atoms with Gasteiger partial charge in [0.1, 0.15) is 0 Å². The summed E-state index contributed by atoms with van der Waals surface area (Å²) in [7, 11) is 1.15. The van der Waals surface area contributed by atoms with Gasteiger partial charge in [0.05, 0.1) is 18.2 Å². The van der Waals surface area contributed by atoms with Crippen molar-refractivity contribution in [3.63, 3.8) is 0 Å². The van der Waals surface area contributed by atoms with Crippen LogP contribution in [0.2, 0.25) is 0 Å². The number of nitrogens with zero attached hydrogens (tertiary/aromatic N) is 2. The molecule has 1 aromatic carbocycles. The number of benzene rings is 1. The molecule has 0 fully saturated rings. The lowest BCUT2D eigenvalue weighted by molar-refractivity contribution is -0.205. The summed E-state index contributed by atoms with van der Waals surface area (Å²) in [6.45, 7) is -0.862. The first-order valence-corrected chi connectivity index (χ1v) is 5.26. The highest BCUT2D eigenvalue weighted by molar-refractivity contribution is 5.94. The molecule has 102 valence electrons. The van der Waals surface area contributed by atoms with Gasteiger partial charge in [-0.1, -0.05) is 6.07 Å². The van der Waals surface area contributed by atoms with Crippen LogP contribution >= 0.6 is 0 Å². The van der Waals surface area contributed by atoms with Gasteiger partial charge in [0.15, 0.2) is 6.10 Å². The highest BCUT2D eigenvalue weighted by Gasteiger charge is 2.39. The lowest BCUT2D eigenvalue weighted by Gasteiger charge is -2.22. The summed E-state index contributed by atoms with van der Waals surface area (Å²) in [4.78, 5) is 12.6. The van der Waals surface area contributed by atoms with E-state index in [0.29, 0.717) is 0 Å². The average molecular weight is 272 g/mol. The Bertz CT molecular complexity index is 508. The van der Waals surface area contributed by atoms with Gasteiger partial charge in [0.2, 0.25) is 0 Å². The van der Waals surface area contributed by atoms with Crippen LogP contribution in [-0.2, 0) is 0 Å². The fourth-order valence-electron chi connectivity index (χ4n) is 1.39. The van der Waals surface area contributed by atoms with Crippen molar-refractivity contribution in [1.29, 1.82) is 5.26 Å². The third-order valence-electron chi connectivity index (χ3n) is 2.41. The van der Waals surface area contributed by atoms with Gasteiger partial charge in [0, 0.05) is 12.6 Å². The molecule has 0 bridgehead atoms. The lowest BCUT2D eigenvalue weighted by Crippen LogP contribution is -2.41. The summed E-state index contributed by atoms with van der Waals surface area (Å²) >= 11 is 0. The zero-order valence-electron chi connectivity index (χ0n) is 9.98. The van der Waals surface area contributed by atoms with Crippen LogP contribution in [-0.4, -0.2) is 41.8 Å². The number of aliphatic hydroxyl groups is 1. The Morgan fingerprint density at radius 1 is 1.53 bits per heavy atom. The molecule has 0 spiro atoms. The SMILES string of the molecule is CN(C[C@@H](O)C(F)(F)F)C(=O)c1cccc(C#N)c1. The highest BCUT2D eigenvalue weighted by Crippen LogP contribution is 2.20. The molecule has 1 N–H and O–H groups in total. The third kappa shape index (κ3) is 3.96. The summed E-state index contributed by atoms with van der Waals surface area (Å²) in [6.07, 6.45) is -7.37. The predicted octanol–water partition coefficient (Wildman–Crippen LogP) is 1.55. The minimum absolute atomic E-state index is 0.0934. The van der Waals surface area contributed by atoms with E-state index in [-0.39, 0.29) is 11.1 Å². The van der Waals surface area contributed by atoms with E-state index >= 15 is 0 Å². The molecule has 1 aromatic rings. The van der Waals surface area contributed by atoms with Crippen LogP contribution in [0.1, 0.15) is 15.9 Å². The van der Waals surface area contributed by atoms with Crippen molar-refractivity contribution in [2.75, 3.05) is 13.6 Å². The number of carbonyl (C=O) groups is 1. The number of alkyl halides is 3. The molecule has 0 aliphatic heterocycles. The van der Waals surface area contributed by atoms with Gasteiger partial charge < -0.3 is 10.0 Å². The normalized spacial score (nSPS) is 12.6. The minimum Gasteiger partial charge on any atom is -0.382 e. The van der Waals surface area contributed by atoms with Crippen molar-refractivity contribution < 1.29 is 23.1 Å². The standard InChI is InChI=1S/C12H11F3N2O2/c1-17(7-10(18)12(13,14)15)11(19)9-4-2-3-8(5-9)6-16/h2-5,10,18H,7H2,1H3/t10-/m1/s1. The van der Waals surface area contributed by atoms with E-state index in [0.717, 1.165) is 11.9 Å². The Labute approximate surface area is 107 Å². The second-order valence-corrected chi connectivity index (χ2v) is 3.94. The Hall–Kier alpha value is -2.07. The topological polar surface area (TPSA) is 64.3 Å². The molecule has 0 saturated carbocycles. The molecule has 0 saturated heterocycles. The zero-order valence-corrected chi connectivity index (χ0v) is 9.98. The number of amides is 1. The average Bonchev–Trinajstić information content (AvgIpc) is 2.36. The summed E-state index contributed by atoms with van der Waals surface area (Å²) in [5, 5.41) is 17.6. The van der Waals surface area contributed by atoms with Crippen molar-refractivity contribution in [2.24, 2.45) is 0 Å². The maximum absolute atomic E-state index is 12.2. The molecule has 1 atom stereocenters. The van der Waals surface area contributed by atoms with Gasteiger partial charge in [-0.05, 0) is 18.2 Å². The van der Waals surface area contributed by atoms with E-state index in [4.69, 9.17) is 10.4 Å². The molecule has 0 aromatic heterocycles. The molecular formula is C12H11F3N2O2. The van der Waals surface area contributed by atoms with Gasteiger partial charge in [0.25, 0.3) is 5.91 Å². The first-order valence-electron chi connectivity index (χ1n) is 5.26. The van der Waals surface area contributed by atoms with E-state index in [1.165, 1.54) is 24.3 Å². The van der Waals surface area contributed by atoms with Crippen molar-refractivity contribution in [3.05, 3.63) is 35.4 Å². The van der Waals surface area contributed by atoms with Gasteiger partial charge >= 0.3 is 6.18 Å². The van der Waals surface area contributed by atoms with Gasteiger partial charge in [-0.2, -0.15) is 18.4 Å². The Balaban J connectivity index is 2.80. The second-order valence-electron chi connectivity index (χ2n) is 3.94. The fourth-order valence-corrected chi connectivity index (χ4v) is 1.39. The van der Waals surface area contributed by atoms with E-state index in [1.807, 2.05) is 6.07 Å². The van der Waals surface area contributed by atoms with Crippen molar-refractivity contribution in [3.8, 4) is 6.07 Å². The van der Waals surface area contributed by atoms with Crippen molar-refractivity contribution in [1.82, 2.24) is 4.90 Å². The molecule has 1 rings (SSSR count). The van der Waals surface area contributed by atoms with Crippen LogP contribution in [0.3, 0.4) is 0 Å². The molecule has 4 nitrogen and oxygen atoms in total. The number of aliphatic hydroxyl groups excluding tert-OH is 1. The summed E-state index contributed by atoms with van der Waals surface area (Å²) in [5.41, 5.74) is 0.326. The summed E-state index contributed by atoms with van der Waals surface area (Å²) < 4.78 is 36.5. The van der Waals surface area contributed by atoms with Crippen LogP contribution in [0.25, 0.3) is 0 Å². The van der Waals surface area contributed by atoms with Crippen molar-refractivity contribution in [2.45, 2.75) is 12.3 Å². The van der Waals surface area contributed by atoms with E-state index < -0.39 is 24.7 Å². The number of rotatable bonds is 3. The number of nitriles is 1. The number of halogens is 3. The third-order valence-corrected chi connectivity index (χ3v) is 2.41. The molecule has 19 heavy (non-hydrogen) atoms. The maximum Gasteiger partial charge on any atom is 0.416 e. The van der Waals surface area contributed by atoms with Crippen LogP contribution < -0.4 is 0 Å². The Kier molecular flexibility index (Phi) is 4.51. The van der Waals surface area contributed by atoms with Gasteiger partial charge in [-0.3, -0.25) is 4.79 Å². The van der Waals surface area contributed by atoms with Crippen molar-refractivity contribution >= 4 is 5.91 Å². The fraction of sp³-hybridized carbons (Fsp3) is 0.333. The van der Waals surface area contributed by atoms with Gasteiger partial charge in [-0.15, -0.1) is 0 Å². The second kappa shape index (κ2) is 5.71. The molecule has 0 radical (unpaired) electrons. The molecule has 0 unspecified atom stereocenters. The van der Waals surface area contributed by atoms with Crippen LogP contribution in [0, 0.1) is 11.3 Å².